The maximum atomic E-state index is 12.3. The van der Waals surface area contributed by atoms with Crippen LogP contribution in [0.3, 0.4) is 0 Å². The lowest BCUT2D eigenvalue weighted by Gasteiger charge is -2.42. The van der Waals surface area contributed by atoms with Gasteiger partial charge in [-0.1, -0.05) is 6.07 Å². The molecule has 1 amide bonds. The van der Waals surface area contributed by atoms with Crippen molar-refractivity contribution in [3.63, 3.8) is 0 Å². The van der Waals surface area contributed by atoms with E-state index < -0.39 is 5.60 Å². The molecule has 3 rings (SSSR count). The molecule has 0 N–H and O–H groups in total. The minimum absolute atomic E-state index is 0.125. The van der Waals surface area contributed by atoms with E-state index in [4.69, 9.17) is 14.2 Å². The summed E-state index contributed by atoms with van der Waals surface area (Å²) in [5, 5.41) is 0. The van der Waals surface area contributed by atoms with Gasteiger partial charge in [0.15, 0.2) is 0 Å². The lowest BCUT2D eigenvalue weighted by atomic mass is 10.1. The van der Waals surface area contributed by atoms with Crippen molar-refractivity contribution in [3.05, 3.63) is 23.8 Å². The van der Waals surface area contributed by atoms with Gasteiger partial charge in [-0.15, -0.1) is 0 Å². The number of ether oxygens (including phenoxy) is 3. The molecule has 0 bridgehead atoms. The number of anilines is 1. The zero-order chi connectivity index (χ0) is 17.3. The van der Waals surface area contributed by atoms with E-state index in [9.17, 15) is 4.79 Å². The number of methoxy groups -OCH3 is 1. The number of benzene rings is 1. The average molecular weight is 334 g/mol. The summed E-state index contributed by atoms with van der Waals surface area (Å²) >= 11 is 0. The maximum Gasteiger partial charge on any atom is 0.410 e. The Hall–Kier alpha value is -1.95. The molecule has 1 aromatic carbocycles. The summed E-state index contributed by atoms with van der Waals surface area (Å²) < 4.78 is 16.7. The van der Waals surface area contributed by atoms with E-state index in [1.165, 1.54) is 0 Å². The number of hydrogen-bond acceptors (Lipinski definition) is 5. The van der Waals surface area contributed by atoms with Crippen molar-refractivity contribution >= 4 is 11.8 Å². The summed E-state index contributed by atoms with van der Waals surface area (Å²) in [7, 11) is 1.67. The first-order valence-corrected chi connectivity index (χ1v) is 8.36. The fourth-order valence-corrected chi connectivity index (χ4v) is 3.17. The van der Waals surface area contributed by atoms with Crippen LogP contribution in [0.25, 0.3) is 0 Å². The highest BCUT2D eigenvalue weighted by molar-refractivity contribution is 5.69. The minimum Gasteiger partial charge on any atom is -0.497 e. The summed E-state index contributed by atoms with van der Waals surface area (Å²) in [6, 6.07) is 6.19. The van der Waals surface area contributed by atoms with Crippen molar-refractivity contribution in [1.29, 1.82) is 0 Å². The van der Waals surface area contributed by atoms with Crippen LogP contribution in [-0.2, 0) is 16.1 Å². The molecule has 0 spiro atoms. The molecule has 2 aliphatic heterocycles. The second kappa shape index (κ2) is 6.51. The van der Waals surface area contributed by atoms with E-state index in [2.05, 4.69) is 17.0 Å². The van der Waals surface area contributed by atoms with Gasteiger partial charge in [0.05, 0.1) is 26.4 Å². The molecule has 1 unspecified atom stereocenters. The molecule has 0 aliphatic carbocycles. The molecule has 1 fully saturated rings. The number of nitrogens with zero attached hydrogens (tertiary/aromatic N) is 2. The molecule has 6 nitrogen and oxygen atoms in total. The van der Waals surface area contributed by atoms with Crippen LogP contribution in [0.2, 0.25) is 0 Å². The molecule has 1 aromatic rings. The highest BCUT2D eigenvalue weighted by atomic mass is 16.6. The van der Waals surface area contributed by atoms with Crippen molar-refractivity contribution in [2.24, 2.45) is 0 Å². The Kier molecular flexibility index (Phi) is 4.58. The third kappa shape index (κ3) is 3.59. The molecule has 0 saturated carbocycles. The Morgan fingerprint density at radius 1 is 1.29 bits per heavy atom. The van der Waals surface area contributed by atoms with Gasteiger partial charge < -0.3 is 24.0 Å². The molecule has 2 aliphatic rings. The second-order valence-electron chi connectivity index (χ2n) is 7.28. The van der Waals surface area contributed by atoms with Crippen molar-refractivity contribution in [1.82, 2.24) is 4.90 Å². The van der Waals surface area contributed by atoms with Gasteiger partial charge >= 0.3 is 6.09 Å². The number of piperazine rings is 1. The van der Waals surface area contributed by atoms with Gasteiger partial charge in [0.1, 0.15) is 11.4 Å². The van der Waals surface area contributed by atoms with Gasteiger partial charge in [-0.25, -0.2) is 4.79 Å². The number of amides is 1. The molecule has 1 saturated heterocycles. The molecular formula is C18H26N2O4. The zero-order valence-corrected chi connectivity index (χ0v) is 14.9. The summed E-state index contributed by atoms with van der Waals surface area (Å²) in [5.74, 6) is 0.837. The Bertz CT molecular complexity index is 612. The van der Waals surface area contributed by atoms with Crippen LogP contribution in [0.1, 0.15) is 26.3 Å². The van der Waals surface area contributed by atoms with Gasteiger partial charge in [0.2, 0.25) is 0 Å². The van der Waals surface area contributed by atoms with Gasteiger partial charge in [-0.05, 0) is 26.8 Å². The summed E-state index contributed by atoms with van der Waals surface area (Å²) in [5.41, 5.74) is 1.82. The number of fused-ring (bicyclic) bond motifs is 3. The molecule has 0 aromatic heterocycles. The number of carbonyl (C=O) groups is 1. The first-order valence-electron chi connectivity index (χ1n) is 8.36. The molecule has 0 radical (unpaired) electrons. The van der Waals surface area contributed by atoms with Crippen molar-refractivity contribution in [3.8, 4) is 5.75 Å². The van der Waals surface area contributed by atoms with Crippen LogP contribution in [0, 0.1) is 0 Å². The second-order valence-corrected chi connectivity index (χ2v) is 7.28. The van der Waals surface area contributed by atoms with E-state index >= 15 is 0 Å². The van der Waals surface area contributed by atoms with Crippen LogP contribution in [0.4, 0.5) is 10.5 Å². The van der Waals surface area contributed by atoms with Gasteiger partial charge in [0.25, 0.3) is 0 Å². The topological polar surface area (TPSA) is 51.2 Å². The average Bonchev–Trinajstić information content (AvgIpc) is 2.71. The molecule has 6 heteroatoms. The lowest BCUT2D eigenvalue weighted by molar-refractivity contribution is 0.0172. The molecule has 132 valence electrons. The van der Waals surface area contributed by atoms with Crippen LogP contribution in [0.15, 0.2) is 18.2 Å². The van der Waals surface area contributed by atoms with Crippen molar-refractivity contribution < 1.29 is 19.0 Å². The summed E-state index contributed by atoms with van der Waals surface area (Å²) in [6.07, 6.45) is -0.253. The third-order valence-electron chi connectivity index (χ3n) is 4.30. The van der Waals surface area contributed by atoms with Gasteiger partial charge in [-0.3, -0.25) is 0 Å². The molecule has 1 atom stereocenters. The predicted octanol–water partition coefficient (Wildman–Crippen LogP) is 2.65. The van der Waals surface area contributed by atoms with Crippen molar-refractivity contribution in [2.45, 2.75) is 39.0 Å². The smallest absolute Gasteiger partial charge is 0.410 e. The van der Waals surface area contributed by atoms with E-state index in [1.54, 1.807) is 12.0 Å². The maximum absolute atomic E-state index is 12.3. The number of hydrogen-bond donors (Lipinski definition) is 0. The van der Waals surface area contributed by atoms with Gasteiger partial charge in [-0.2, -0.15) is 0 Å². The van der Waals surface area contributed by atoms with Gasteiger partial charge in [0, 0.05) is 37.0 Å². The zero-order valence-electron chi connectivity index (χ0n) is 14.9. The third-order valence-corrected chi connectivity index (χ3v) is 4.30. The molecule has 24 heavy (non-hydrogen) atoms. The first-order chi connectivity index (χ1) is 11.4. The fraction of sp³-hybridized carbons (Fsp3) is 0.611. The largest absolute Gasteiger partial charge is 0.497 e. The highest BCUT2D eigenvalue weighted by Crippen LogP contribution is 2.32. The fourth-order valence-electron chi connectivity index (χ4n) is 3.17. The Labute approximate surface area is 143 Å². The minimum atomic E-state index is -0.478. The SMILES string of the molecule is COc1ccc2c(c1)N1CCN(C(=O)OC(C)(C)C)CC1COC2. The predicted molar refractivity (Wildman–Crippen MR) is 91.6 cm³/mol. The Morgan fingerprint density at radius 3 is 2.79 bits per heavy atom. The summed E-state index contributed by atoms with van der Waals surface area (Å²) in [4.78, 5) is 16.4. The van der Waals surface area contributed by atoms with Crippen LogP contribution in [0.5, 0.6) is 5.75 Å². The molecule has 2 heterocycles. The molecular weight excluding hydrogens is 308 g/mol. The monoisotopic (exact) mass is 334 g/mol. The lowest BCUT2D eigenvalue weighted by Crippen LogP contribution is -2.56. The standard InChI is InChI=1S/C18H26N2O4/c1-18(2,3)24-17(21)19-7-8-20-14(10-19)12-23-11-13-5-6-15(22-4)9-16(13)20/h5-6,9,14H,7-8,10-12H2,1-4H3. The Balaban J connectivity index is 1.77. The Morgan fingerprint density at radius 2 is 2.08 bits per heavy atom. The van der Waals surface area contributed by atoms with E-state index in [-0.39, 0.29) is 12.1 Å². The van der Waals surface area contributed by atoms with E-state index in [0.717, 1.165) is 23.5 Å². The van der Waals surface area contributed by atoms with Crippen molar-refractivity contribution in [2.75, 3.05) is 38.3 Å². The summed E-state index contributed by atoms with van der Waals surface area (Å²) in [6.45, 7) is 8.84. The highest BCUT2D eigenvalue weighted by Gasteiger charge is 2.34. The van der Waals surface area contributed by atoms with Crippen LogP contribution in [-0.4, -0.2) is 56.0 Å². The van der Waals surface area contributed by atoms with Crippen LogP contribution < -0.4 is 9.64 Å². The van der Waals surface area contributed by atoms with Crippen LogP contribution >= 0.6 is 0 Å². The number of rotatable bonds is 1. The first kappa shape index (κ1) is 16.9. The van der Waals surface area contributed by atoms with E-state index in [1.807, 2.05) is 26.8 Å². The normalized spacial score (nSPS) is 20.8. The quantitative estimate of drug-likeness (QED) is 0.790. The van der Waals surface area contributed by atoms with E-state index in [0.29, 0.717) is 26.3 Å². The number of carbonyl (C=O) groups excluding carboxylic acids is 1.